The highest BCUT2D eigenvalue weighted by Crippen LogP contribution is 2.29. The van der Waals surface area contributed by atoms with Gasteiger partial charge in [0, 0.05) is 5.41 Å². The molecule has 0 aliphatic rings. The Hall–Kier alpha value is -0.640. The summed E-state index contributed by atoms with van der Waals surface area (Å²) in [5.41, 5.74) is 6.56. The first-order valence-electron chi connectivity index (χ1n) is 3.69. The standard InChI is InChI=1S/C8H12BrN3/c1-8(2,3)6-5(9)7(10)12-4-11-6/h4H,1-3H3,(H2,10,11,12). The first-order chi connectivity index (χ1) is 5.43. The minimum atomic E-state index is -0.00407. The summed E-state index contributed by atoms with van der Waals surface area (Å²) in [5.74, 6) is 0.495. The van der Waals surface area contributed by atoms with Crippen LogP contribution in [0.3, 0.4) is 0 Å². The fourth-order valence-electron chi connectivity index (χ4n) is 0.906. The second-order valence-electron chi connectivity index (χ2n) is 3.67. The highest BCUT2D eigenvalue weighted by molar-refractivity contribution is 9.10. The van der Waals surface area contributed by atoms with Gasteiger partial charge >= 0.3 is 0 Å². The van der Waals surface area contributed by atoms with Crippen molar-refractivity contribution in [3.63, 3.8) is 0 Å². The van der Waals surface area contributed by atoms with Gasteiger partial charge in [-0.3, -0.25) is 0 Å². The van der Waals surface area contributed by atoms with Crippen LogP contribution in [0.4, 0.5) is 5.82 Å². The van der Waals surface area contributed by atoms with Crippen LogP contribution in [0.25, 0.3) is 0 Å². The van der Waals surface area contributed by atoms with Crippen molar-refractivity contribution in [3.05, 3.63) is 16.5 Å². The summed E-state index contributed by atoms with van der Waals surface area (Å²) in [4.78, 5) is 8.05. The molecule has 4 heteroatoms. The van der Waals surface area contributed by atoms with Crippen LogP contribution in [0.1, 0.15) is 26.5 Å². The number of hydrogen-bond donors (Lipinski definition) is 1. The summed E-state index contributed by atoms with van der Waals surface area (Å²) >= 11 is 3.37. The largest absolute Gasteiger partial charge is 0.383 e. The highest BCUT2D eigenvalue weighted by atomic mass is 79.9. The lowest BCUT2D eigenvalue weighted by molar-refractivity contribution is 0.564. The maximum atomic E-state index is 5.62. The summed E-state index contributed by atoms with van der Waals surface area (Å²) in [6.07, 6.45) is 1.49. The van der Waals surface area contributed by atoms with E-state index in [1.807, 2.05) is 0 Å². The minimum Gasteiger partial charge on any atom is -0.383 e. The van der Waals surface area contributed by atoms with Crippen molar-refractivity contribution in [2.45, 2.75) is 26.2 Å². The van der Waals surface area contributed by atoms with Crippen LogP contribution < -0.4 is 5.73 Å². The van der Waals surface area contributed by atoms with E-state index >= 15 is 0 Å². The van der Waals surface area contributed by atoms with Crippen molar-refractivity contribution in [2.24, 2.45) is 0 Å². The first kappa shape index (κ1) is 9.45. The van der Waals surface area contributed by atoms with E-state index < -0.39 is 0 Å². The molecule has 1 aromatic rings. The Morgan fingerprint density at radius 1 is 1.33 bits per heavy atom. The molecule has 0 fully saturated rings. The molecule has 0 amide bonds. The molecule has 0 saturated heterocycles. The molecule has 0 saturated carbocycles. The number of halogens is 1. The zero-order valence-corrected chi connectivity index (χ0v) is 9.01. The van der Waals surface area contributed by atoms with Crippen molar-refractivity contribution in [2.75, 3.05) is 5.73 Å². The minimum absolute atomic E-state index is 0.00407. The molecule has 0 unspecified atom stereocenters. The van der Waals surface area contributed by atoms with E-state index in [4.69, 9.17) is 5.73 Å². The smallest absolute Gasteiger partial charge is 0.141 e. The Balaban J connectivity index is 3.26. The summed E-state index contributed by atoms with van der Waals surface area (Å²) in [6.45, 7) is 6.25. The Morgan fingerprint density at radius 2 is 1.92 bits per heavy atom. The van der Waals surface area contributed by atoms with Gasteiger partial charge in [0.05, 0.1) is 10.2 Å². The molecule has 0 radical (unpaired) electrons. The number of anilines is 1. The molecule has 0 aliphatic heterocycles. The molecule has 2 N–H and O–H groups in total. The van der Waals surface area contributed by atoms with E-state index in [2.05, 4.69) is 46.7 Å². The molecule has 1 heterocycles. The quantitative estimate of drug-likeness (QED) is 0.742. The molecule has 0 aromatic carbocycles. The highest BCUT2D eigenvalue weighted by Gasteiger charge is 2.20. The third kappa shape index (κ3) is 1.75. The number of nitrogen functional groups attached to an aromatic ring is 1. The fourth-order valence-corrected chi connectivity index (χ4v) is 1.71. The molecule has 0 bridgehead atoms. The molecular formula is C8H12BrN3. The van der Waals surface area contributed by atoms with Crippen LogP contribution in [0.5, 0.6) is 0 Å². The maximum Gasteiger partial charge on any atom is 0.141 e. The van der Waals surface area contributed by atoms with Gasteiger partial charge in [0.25, 0.3) is 0 Å². The van der Waals surface area contributed by atoms with Crippen molar-refractivity contribution in [3.8, 4) is 0 Å². The van der Waals surface area contributed by atoms with E-state index in [-0.39, 0.29) is 5.41 Å². The second-order valence-corrected chi connectivity index (χ2v) is 4.46. The van der Waals surface area contributed by atoms with Crippen LogP contribution in [0, 0.1) is 0 Å². The molecule has 0 aliphatic carbocycles. The average molecular weight is 230 g/mol. The molecule has 0 spiro atoms. The number of nitrogens with two attached hydrogens (primary N) is 1. The number of nitrogens with zero attached hydrogens (tertiary/aromatic N) is 2. The maximum absolute atomic E-state index is 5.62. The summed E-state index contributed by atoms with van der Waals surface area (Å²) in [6, 6.07) is 0. The normalized spacial score (nSPS) is 11.7. The van der Waals surface area contributed by atoms with Crippen LogP contribution in [0.15, 0.2) is 10.8 Å². The van der Waals surface area contributed by atoms with Crippen LogP contribution in [0.2, 0.25) is 0 Å². The fraction of sp³-hybridized carbons (Fsp3) is 0.500. The van der Waals surface area contributed by atoms with Crippen LogP contribution >= 0.6 is 15.9 Å². The number of rotatable bonds is 0. The number of aromatic nitrogens is 2. The van der Waals surface area contributed by atoms with E-state index in [0.717, 1.165) is 10.2 Å². The Kier molecular flexibility index (Phi) is 2.37. The Bertz CT molecular complexity index is 291. The zero-order valence-electron chi connectivity index (χ0n) is 7.43. The molecule has 66 valence electrons. The summed E-state index contributed by atoms with van der Waals surface area (Å²) in [7, 11) is 0. The summed E-state index contributed by atoms with van der Waals surface area (Å²) < 4.78 is 0.803. The lowest BCUT2D eigenvalue weighted by atomic mass is 9.92. The monoisotopic (exact) mass is 229 g/mol. The van der Waals surface area contributed by atoms with Crippen LogP contribution in [-0.4, -0.2) is 9.97 Å². The molecule has 3 nitrogen and oxygen atoms in total. The topological polar surface area (TPSA) is 51.8 Å². The van der Waals surface area contributed by atoms with E-state index in [1.54, 1.807) is 0 Å². The van der Waals surface area contributed by atoms with Gasteiger partial charge in [-0.25, -0.2) is 9.97 Å². The van der Waals surface area contributed by atoms with Crippen molar-refractivity contribution in [1.82, 2.24) is 9.97 Å². The first-order valence-corrected chi connectivity index (χ1v) is 4.48. The lowest BCUT2D eigenvalue weighted by Gasteiger charge is -2.19. The van der Waals surface area contributed by atoms with Gasteiger partial charge < -0.3 is 5.73 Å². The molecule has 12 heavy (non-hydrogen) atoms. The average Bonchev–Trinajstić information content (AvgIpc) is 1.92. The lowest BCUT2D eigenvalue weighted by Crippen LogP contribution is -2.15. The van der Waals surface area contributed by atoms with E-state index in [1.165, 1.54) is 6.33 Å². The van der Waals surface area contributed by atoms with Crippen molar-refractivity contribution < 1.29 is 0 Å². The Labute approximate surface area is 80.5 Å². The molecular weight excluding hydrogens is 218 g/mol. The van der Waals surface area contributed by atoms with Gasteiger partial charge in [0.15, 0.2) is 0 Å². The Morgan fingerprint density at radius 3 is 2.33 bits per heavy atom. The van der Waals surface area contributed by atoms with E-state index in [9.17, 15) is 0 Å². The second kappa shape index (κ2) is 3.01. The number of hydrogen-bond acceptors (Lipinski definition) is 3. The zero-order chi connectivity index (χ0) is 9.35. The van der Waals surface area contributed by atoms with Gasteiger partial charge in [0.2, 0.25) is 0 Å². The van der Waals surface area contributed by atoms with Crippen molar-refractivity contribution >= 4 is 21.7 Å². The van der Waals surface area contributed by atoms with Gasteiger partial charge in [-0.05, 0) is 15.9 Å². The molecule has 1 aromatic heterocycles. The van der Waals surface area contributed by atoms with Gasteiger partial charge in [-0.1, -0.05) is 20.8 Å². The predicted molar refractivity (Wildman–Crippen MR) is 52.8 cm³/mol. The van der Waals surface area contributed by atoms with Gasteiger partial charge in [0.1, 0.15) is 12.1 Å². The summed E-state index contributed by atoms with van der Waals surface area (Å²) in [5, 5.41) is 0. The van der Waals surface area contributed by atoms with Gasteiger partial charge in [-0.2, -0.15) is 0 Å². The van der Waals surface area contributed by atoms with E-state index in [0.29, 0.717) is 5.82 Å². The third-order valence-corrected chi connectivity index (χ3v) is 2.31. The van der Waals surface area contributed by atoms with Crippen molar-refractivity contribution in [1.29, 1.82) is 0 Å². The van der Waals surface area contributed by atoms with Crippen LogP contribution in [-0.2, 0) is 5.41 Å². The SMILES string of the molecule is CC(C)(C)c1ncnc(N)c1Br. The molecule has 0 atom stereocenters. The van der Waals surface area contributed by atoms with Gasteiger partial charge in [-0.15, -0.1) is 0 Å². The molecule has 1 rings (SSSR count). The predicted octanol–water partition coefficient (Wildman–Crippen LogP) is 2.12. The third-order valence-electron chi connectivity index (χ3n) is 1.53.